The number of hydrogen-bond donors (Lipinski definition) is 0. The number of aryl methyl sites for hydroxylation is 3. The summed E-state index contributed by atoms with van der Waals surface area (Å²) in [5.74, 6) is 0. The van der Waals surface area contributed by atoms with Gasteiger partial charge in [-0.1, -0.05) is 32.0 Å². The van der Waals surface area contributed by atoms with Gasteiger partial charge in [0.1, 0.15) is 0 Å². The molecule has 2 rings (SSSR count). The van der Waals surface area contributed by atoms with Gasteiger partial charge in [0.05, 0.1) is 5.69 Å². The van der Waals surface area contributed by atoms with Crippen LogP contribution in [-0.2, 0) is 12.8 Å². The van der Waals surface area contributed by atoms with E-state index < -0.39 is 0 Å². The lowest BCUT2D eigenvalue weighted by Gasteiger charge is -2.11. The van der Waals surface area contributed by atoms with Gasteiger partial charge in [-0.25, -0.2) is 0 Å². The molecule has 0 aliphatic carbocycles. The Bertz CT molecular complexity index is 584. The van der Waals surface area contributed by atoms with Crippen LogP contribution in [0.25, 0.3) is 11.1 Å². The lowest BCUT2D eigenvalue weighted by Crippen LogP contribution is -2.04. The fraction of sp³-hybridized carbons (Fsp3) is 0.500. The van der Waals surface area contributed by atoms with Gasteiger partial charge in [-0.2, -0.15) is 5.10 Å². The lowest BCUT2D eigenvalue weighted by molar-refractivity contribution is 0.516. The SMILES string of the molecule is CCc1cc(CC)cc(-c2c(C)nn(C(C)C)c2C)c1. The van der Waals surface area contributed by atoms with Crippen LogP contribution < -0.4 is 0 Å². The van der Waals surface area contributed by atoms with Crippen molar-refractivity contribution in [3.05, 3.63) is 40.7 Å². The Kier molecular flexibility index (Phi) is 4.32. The monoisotopic (exact) mass is 270 g/mol. The van der Waals surface area contributed by atoms with E-state index in [0.717, 1.165) is 18.5 Å². The Morgan fingerprint density at radius 2 is 1.55 bits per heavy atom. The molecule has 2 nitrogen and oxygen atoms in total. The van der Waals surface area contributed by atoms with E-state index in [1.165, 1.54) is 27.9 Å². The first-order valence-corrected chi connectivity index (χ1v) is 7.66. The van der Waals surface area contributed by atoms with Gasteiger partial charge in [0.15, 0.2) is 0 Å². The number of benzene rings is 1. The Balaban J connectivity index is 2.62. The van der Waals surface area contributed by atoms with Gasteiger partial charge < -0.3 is 0 Å². The summed E-state index contributed by atoms with van der Waals surface area (Å²) >= 11 is 0. The van der Waals surface area contributed by atoms with E-state index in [9.17, 15) is 0 Å². The molecule has 20 heavy (non-hydrogen) atoms. The minimum Gasteiger partial charge on any atom is -0.266 e. The van der Waals surface area contributed by atoms with Gasteiger partial charge in [0, 0.05) is 17.3 Å². The smallest absolute Gasteiger partial charge is 0.0675 e. The second kappa shape index (κ2) is 5.82. The predicted octanol–water partition coefficient (Wildman–Crippen LogP) is 4.87. The standard InChI is InChI=1S/C18H26N2/c1-7-15-9-16(8-2)11-17(10-15)18-13(5)19-20(12(3)4)14(18)6/h9-12H,7-8H2,1-6H3. The maximum atomic E-state index is 4.71. The molecule has 0 radical (unpaired) electrons. The summed E-state index contributed by atoms with van der Waals surface area (Å²) in [6.07, 6.45) is 2.16. The number of hydrogen-bond acceptors (Lipinski definition) is 1. The molecule has 0 bridgehead atoms. The Morgan fingerprint density at radius 3 is 1.95 bits per heavy atom. The van der Waals surface area contributed by atoms with Gasteiger partial charge >= 0.3 is 0 Å². The minimum absolute atomic E-state index is 0.405. The van der Waals surface area contributed by atoms with Crippen molar-refractivity contribution in [2.75, 3.05) is 0 Å². The van der Waals surface area contributed by atoms with Crippen LogP contribution >= 0.6 is 0 Å². The Hall–Kier alpha value is -1.57. The van der Waals surface area contributed by atoms with E-state index in [-0.39, 0.29) is 0 Å². The number of nitrogens with zero attached hydrogens (tertiary/aromatic N) is 2. The topological polar surface area (TPSA) is 17.8 Å². The van der Waals surface area contributed by atoms with Crippen LogP contribution in [0.3, 0.4) is 0 Å². The maximum absolute atomic E-state index is 4.71. The van der Waals surface area contributed by atoms with Crippen LogP contribution in [0.4, 0.5) is 0 Å². The Labute approximate surface area is 122 Å². The van der Waals surface area contributed by atoms with E-state index in [2.05, 4.69) is 64.4 Å². The summed E-state index contributed by atoms with van der Waals surface area (Å²) in [6.45, 7) is 13.1. The largest absolute Gasteiger partial charge is 0.266 e. The average Bonchev–Trinajstić information content (AvgIpc) is 2.73. The molecule has 1 aromatic heterocycles. The number of rotatable bonds is 4. The van der Waals surface area contributed by atoms with Gasteiger partial charge in [0.25, 0.3) is 0 Å². The molecule has 0 aliphatic rings. The van der Waals surface area contributed by atoms with Crippen molar-refractivity contribution in [1.29, 1.82) is 0 Å². The summed E-state index contributed by atoms with van der Waals surface area (Å²) in [4.78, 5) is 0. The lowest BCUT2D eigenvalue weighted by atomic mass is 9.96. The van der Waals surface area contributed by atoms with Gasteiger partial charge in [-0.3, -0.25) is 4.68 Å². The molecule has 0 saturated carbocycles. The van der Waals surface area contributed by atoms with Crippen LogP contribution in [0.5, 0.6) is 0 Å². The summed E-state index contributed by atoms with van der Waals surface area (Å²) in [5.41, 5.74) is 7.86. The molecule has 2 aromatic rings. The van der Waals surface area contributed by atoms with Crippen molar-refractivity contribution >= 4 is 0 Å². The zero-order valence-corrected chi connectivity index (χ0v) is 13.6. The molecule has 0 N–H and O–H groups in total. The molecule has 2 heteroatoms. The molecule has 0 amide bonds. The summed E-state index contributed by atoms with van der Waals surface area (Å²) in [5, 5.41) is 4.71. The van der Waals surface area contributed by atoms with Gasteiger partial charge in [-0.15, -0.1) is 0 Å². The van der Waals surface area contributed by atoms with Crippen LogP contribution in [0, 0.1) is 13.8 Å². The number of aromatic nitrogens is 2. The third kappa shape index (κ3) is 2.65. The molecular formula is C18H26N2. The van der Waals surface area contributed by atoms with Crippen molar-refractivity contribution in [3.63, 3.8) is 0 Å². The van der Waals surface area contributed by atoms with Crippen LogP contribution in [0.2, 0.25) is 0 Å². The molecule has 108 valence electrons. The van der Waals surface area contributed by atoms with Crippen molar-refractivity contribution in [2.24, 2.45) is 0 Å². The van der Waals surface area contributed by atoms with Crippen molar-refractivity contribution in [3.8, 4) is 11.1 Å². The van der Waals surface area contributed by atoms with E-state index in [1.807, 2.05) is 0 Å². The third-order valence-corrected chi connectivity index (χ3v) is 3.97. The van der Waals surface area contributed by atoms with Crippen LogP contribution in [0.15, 0.2) is 18.2 Å². The Morgan fingerprint density at radius 1 is 1.00 bits per heavy atom. The van der Waals surface area contributed by atoms with E-state index >= 15 is 0 Å². The second-order valence-corrected chi connectivity index (χ2v) is 5.83. The normalized spacial score (nSPS) is 11.3. The molecule has 1 heterocycles. The van der Waals surface area contributed by atoms with Crippen molar-refractivity contribution in [1.82, 2.24) is 9.78 Å². The molecule has 0 aliphatic heterocycles. The van der Waals surface area contributed by atoms with Crippen LogP contribution in [0.1, 0.15) is 56.3 Å². The average molecular weight is 270 g/mol. The zero-order valence-electron chi connectivity index (χ0n) is 13.6. The van der Waals surface area contributed by atoms with Crippen LogP contribution in [-0.4, -0.2) is 9.78 Å². The van der Waals surface area contributed by atoms with Crippen molar-refractivity contribution in [2.45, 2.75) is 60.4 Å². The highest BCUT2D eigenvalue weighted by Gasteiger charge is 2.15. The third-order valence-electron chi connectivity index (χ3n) is 3.97. The van der Waals surface area contributed by atoms with E-state index in [1.54, 1.807) is 0 Å². The highest BCUT2D eigenvalue weighted by molar-refractivity contribution is 5.70. The molecule has 0 spiro atoms. The van der Waals surface area contributed by atoms with Gasteiger partial charge in [-0.05, 0) is 57.2 Å². The quantitative estimate of drug-likeness (QED) is 0.774. The minimum atomic E-state index is 0.405. The molecule has 0 fully saturated rings. The predicted molar refractivity (Wildman–Crippen MR) is 86.3 cm³/mol. The molecule has 0 saturated heterocycles. The molecule has 0 atom stereocenters. The maximum Gasteiger partial charge on any atom is 0.0675 e. The first-order valence-electron chi connectivity index (χ1n) is 7.66. The molecule has 1 aromatic carbocycles. The highest BCUT2D eigenvalue weighted by atomic mass is 15.3. The first kappa shape index (κ1) is 14.8. The van der Waals surface area contributed by atoms with Gasteiger partial charge in [0.2, 0.25) is 0 Å². The zero-order chi connectivity index (χ0) is 14.9. The van der Waals surface area contributed by atoms with E-state index in [0.29, 0.717) is 6.04 Å². The fourth-order valence-corrected chi connectivity index (χ4v) is 2.90. The fourth-order valence-electron chi connectivity index (χ4n) is 2.90. The summed E-state index contributed by atoms with van der Waals surface area (Å²) in [6, 6.07) is 7.37. The van der Waals surface area contributed by atoms with E-state index in [4.69, 9.17) is 5.10 Å². The first-order chi connectivity index (χ1) is 9.47. The summed E-state index contributed by atoms with van der Waals surface area (Å²) in [7, 11) is 0. The molecule has 0 unspecified atom stereocenters. The van der Waals surface area contributed by atoms with Crippen molar-refractivity contribution < 1.29 is 0 Å². The summed E-state index contributed by atoms with van der Waals surface area (Å²) < 4.78 is 2.13. The molecular weight excluding hydrogens is 244 g/mol. The second-order valence-electron chi connectivity index (χ2n) is 5.83. The highest BCUT2D eigenvalue weighted by Crippen LogP contribution is 2.30.